The molecule has 4 heteroatoms. The number of ether oxygens (including phenoxy) is 2. The zero-order valence-corrected chi connectivity index (χ0v) is 18.6. The summed E-state index contributed by atoms with van der Waals surface area (Å²) >= 11 is 0. The van der Waals surface area contributed by atoms with E-state index in [2.05, 4.69) is 38.1 Å². The highest BCUT2D eigenvalue weighted by Crippen LogP contribution is 2.37. The molecule has 4 aromatic rings. The molecule has 0 N–H and O–H groups in total. The van der Waals surface area contributed by atoms with Crippen LogP contribution in [0, 0.1) is 5.92 Å². The van der Waals surface area contributed by atoms with E-state index in [0.29, 0.717) is 5.88 Å². The fraction of sp³-hybridized carbons (Fsp3) is 0.214. The molecule has 3 aromatic carbocycles. The zero-order chi connectivity index (χ0) is 22.5. The van der Waals surface area contributed by atoms with E-state index in [1.54, 1.807) is 0 Å². The van der Waals surface area contributed by atoms with Crippen LogP contribution in [-0.4, -0.2) is 18.1 Å². The molecule has 3 atom stereocenters. The second kappa shape index (κ2) is 9.65. The topological polar surface area (TPSA) is 48.4 Å². The van der Waals surface area contributed by atoms with Gasteiger partial charge in [0.1, 0.15) is 5.75 Å². The van der Waals surface area contributed by atoms with E-state index in [-0.39, 0.29) is 17.8 Å². The molecular formula is C28H27NO3. The van der Waals surface area contributed by atoms with Gasteiger partial charge in [0.25, 0.3) is 0 Å². The molecule has 0 aliphatic heterocycles. The van der Waals surface area contributed by atoms with E-state index in [1.807, 2.05) is 66.7 Å². The maximum atomic E-state index is 12.9. The molecule has 0 radical (unpaired) electrons. The lowest BCUT2D eigenvalue weighted by Crippen LogP contribution is -2.25. The van der Waals surface area contributed by atoms with Gasteiger partial charge >= 0.3 is 5.97 Å². The van der Waals surface area contributed by atoms with Crippen molar-refractivity contribution in [1.82, 2.24) is 4.98 Å². The molecule has 0 bridgehead atoms. The molecule has 0 spiro atoms. The van der Waals surface area contributed by atoms with Gasteiger partial charge in [0.05, 0.1) is 13.0 Å². The number of aromatic nitrogens is 1. The van der Waals surface area contributed by atoms with Gasteiger partial charge in [0.15, 0.2) is 0 Å². The third kappa shape index (κ3) is 4.65. The Morgan fingerprint density at radius 2 is 1.53 bits per heavy atom. The molecule has 0 aliphatic carbocycles. The first-order valence-corrected chi connectivity index (χ1v) is 10.8. The van der Waals surface area contributed by atoms with Gasteiger partial charge in [-0.3, -0.25) is 4.79 Å². The molecule has 1 aromatic heterocycles. The van der Waals surface area contributed by atoms with Crippen molar-refractivity contribution in [2.45, 2.75) is 25.7 Å². The number of fused-ring (bicyclic) bond motifs is 1. The number of hydrogen-bond donors (Lipinski definition) is 0. The van der Waals surface area contributed by atoms with E-state index in [4.69, 9.17) is 14.5 Å². The average Bonchev–Trinajstić information content (AvgIpc) is 2.84. The number of carbonyl (C=O) groups excluding carboxylic acids is 1. The Morgan fingerprint density at radius 1 is 0.812 bits per heavy atom. The lowest BCUT2D eigenvalue weighted by atomic mass is 9.78. The predicted molar refractivity (Wildman–Crippen MR) is 127 cm³/mol. The monoisotopic (exact) mass is 425 g/mol. The molecule has 1 heterocycles. The van der Waals surface area contributed by atoms with E-state index in [9.17, 15) is 4.79 Å². The smallest absolute Gasteiger partial charge is 0.313 e. The Bertz CT molecular complexity index is 1210. The predicted octanol–water partition coefficient (Wildman–Crippen LogP) is 6.72. The fourth-order valence-electron chi connectivity index (χ4n) is 4.09. The number of para-hydroxylation sites is 1. The van der Waals surface area contributed by atoms with Gasteiger partial charge in [-0.1, -0.05) is 80.6 Å². The van der Waals surface area contributed by atoms with E-state index < -0.39 is 5.92 Å². The summed E-state index contributed by atoms with van der Waals surface area (Å²) in [5.41, 5.74) is 1.83. The molecular weight excluding hydrogens is 398 g/mol. The molecule has 0 aliphatic rings. The minimum Gasteiger partial charge on any atom is -0.469 e. The number of esters is 1. The summed E-state index contributed by atoms with van der Waals surface area (Å²) in [7, 11) is 1.44. The third-order valence-electron chi connectivity index (χ3n) is 6.08. The summed E-state index contributed by atoms with van der Waals surface area (Å²) in [6.45, 7) is 4.17. The SMILES string of the molecule is COC(=O)C(c1ccc2ccccc2c1)C(C)C(C)c1cccc(Oc2ccccc2)n1. The Hall–Kier alpha value is -3.66. The van der Waals surface area contributed by atoms with Crippen molar-refractivity contribution in [3.8, 4) is 11.6 Å². The van der Waals surface area contributed by atoms with E-state index in [0.717, 1.165) is 27.8 Å². The molecule has 4 rings (SSSR count). The first kappa shape index (κ1) is 21.6. The lowest BCUT2D eigenvalue weighted by Gasteiger charge is -2.27. The lowest BCUT2D eigenvalue weighted by molar-refractivity contribution is -0.143. The van der Waals surface area contributed by atoms with Gasteiger partial charge in [-0.2, -0.15) is 0 Å². The van der Waals surface area contributed by atoms with Crippen LogP contribution in [0.15, 0.2) is 91.0 Å². The molecule has 32 heavy (non-hydrogen) atoms. The summed E-state index contributed by atoms with van der Waals surface area (Å²) in [5, 5.41) is 2.25. The van der Waals surface area contributed by atoms with Gasteiger partial charge in [0, 0.05) is 17.7 Å². The fourth-order valence-corrected chi connectivity index (χ4v) is 4.09. The molecule has 162 valence electrons. The van der Waals surface area contributed by atoms with Crippen LogP contribution in [0.5, 0.6) is 11.6 Å². The Balaban J connectivity index is 1.62. The van der Waals surface area contributed by atoms with Crippen molar-refractivity contribution in [3.05, 3.63) is 102 Å². The van der Waals surface area contributed by atoms with Crippen molar-refractivity contribution in [2.24, 2.45) is 5.92 Å². The molecule has 0 saturated carbocycles. The number of rotatable bonds is 7. The second-order valence-electron chi connectivity index (χ2n) is 8.07. The second-order valence-corrected chi connectivity index (χ2v) is 8.07. The summed E-state index contributed by atoms with van der Waals surface area (Å²) in [6, 6.07) is 29.7. The highest BCUT2D eigenvalue weighted by Gasteiger charge is 2.32. The quantitative estimate of drug-likeness (QED) is 0.308. The minimum absolute atomic E-state index is 0.00453. The number of methoxy groups -OCH3 is 1. The Morgan fingerprint density at radius 3 is 2.28 bits per heavy atom. The number of hydrogen-bond acceptors (Lipinski definition) is 4. The molecule has 0 amide bonds. The normalized spacial score (nSPS) is 13.8. The maximum absolute atomic E-state index is 12.9. The van der Waals surface area contributed by atoms with Crippen LogP contribution in [0.4, 0.5) is 0 Å². The average molecular weight is 426 g/mol. The van der Waals surface area contributed by atoms with Crippen LogP contribution in [0.25, 0.3) is 10.8 Å². The van der Waals surface area contributed by atoms with Crippen molar-refractivity contribution in [1.29, 1.82) is 0 Å². The number of nitrogens with zero attached hydrogens (tertiary/aromatic N) is 1. The minimum atomic E-state index is -0.403. The van der Waals surface area contributed by atoms with Crippen LogP contribution in [-0.2, 0) is 9.53 Å². The summed E-state index contributed by atoms with van der Waals surface area (Å²) in [4.78, 5) is 17.6. The van der Waals surface area contributed by atoms with Gasteiger partial charge < -0.3 is 9.47 Å². The van der Waals surface area contributed by atoms with Crippen LogP contribution in [0.3, 0.4) is 0 Å². The third-order valence-corrected chi connectivity index (χ3v) is 6.08. The maximum Gasteiger partial charge on any atom is 0.313 e. The van der Waals surface area contributed by atoms with Gasteiger partial charge in [-0.15, -0.1) is 0 Å². The van der Waals surface area contributed by atoms with Gasteiger partial charge in [0.2, 0.25) is 5.88 Å². The summed E-state index contributed by atoms with van der Waals surface area (Å²) < 4.78 is 11.1. The van der Waals surface area contributed by atoms with Crippen LogP contribution in [0.2, 0.25) is 0 Å². The van der Waals surface area contributed by atoms with Crippen molar-refractivity contribution in [3.63, 3.8) is 0 Å². The summed E-state index contributed by atoms with van der Waals surface area (Å²) in [6.07, 6.45) is 0. The van der Waals surface area contributed by atoms with Crippen LogP contribution < -0.4 is 4.74 Å². The van der Waals surface area contributed by atoms with Crippen molar-refractivity contribution < 1.29 is 14.3 Å². The molecule has 4 nitrogen and oxygen atoms in total. The number of benzene rings is 3. The van der Waals surface area contributed by atoms with Crippen molar-refractivity contribution >= 4 is 16.7 Å². The molecule has 0 fully saturated rings. The van der Waals surface area contributed by atoms with Gasteiger partial charge in [-0.05, 0) is 40.5 Å². The number of pyridine rings is 1. The largest absolute Gasteiger partial charge is 0.469 e. The Labute approximate surface area is 188 Å². The number of carbonyl (C=O) groups is 1. The summed E-state index contributed by atoms with van der Waals surface area (Å²) in [5.74, 6) is 0.596. The van der Waals surface area contributed by atoms with E-state index in [1.165, 1.54) is 7.11 Å². The van der Waals surface area contributed by atoms with Crippen LogP contribution >= 0.6 is 0 Å². The van der Waals surface area contributed by atoms with Gasteiger partial charge in [-0.25, -0.2) is 4.98 Å². The first-order chi connectivity index (χ1) is 15.6. The molecule has 3 unspecified atom stereocenters. The van der Waals surface area contributed by atoms with Crippen LogP contribution in [0.1, 0.15) is 36.9 Å². The highest BCUT2D eigenvalue weighted by atomic mass is 16.5. The first-order valence-electron chi connectivity index (χ1n) is 10.8. The van der Waals surface area contributed by atoms with E-state index >= 15 is 0 Å². The molecule has 0 saturated heterocycles. The van der Waals surface area contributed by atoms with Crippen molar-refractivity contribution in [2.75, 3.05) is 7.11 Å². The standard InChI is InChI=1S/C28H27NO3/c1-19(25-14-9-15-26(29-25)32-24-12-5-4-6-13-24)20(2)27(28(30)31-3)23-17-16-21-10-7-8-11-22(21)18-23/h4-20,27H,1-3H3. The zero-order valence-electron chi connectivity index (χ0n) is 18.6. The highest BCUT2D eigenvalue weighted by molar-refractivity contribution is 5.86. The Kier molecular flexibility index (Phi) is 6.50.